The van der Waals surface area contributed by atoms with E-state index in [1.807, 2.05) is 0 Å². The molecule has 0 aliphatic rings. The molecule has 0 N–H and O–H groups in total. The van der Waals surface area contributed by atoms with E-state index in [1.165, 1.54) is 0 Å². The zero-order chi connectivity index (χ0) is 8.15. The number of nitrogens with zero attached hydrogens (tertiary/aromatic N) is 1. The molecular weight excluding hydrogens is 146 g/mol. The van der Waals surface area contributed by atoms with Gasteiger partial charge in [0.15, 0.2) is 0 Å². The molecule has 0 amide bonds. The van der Waals surface area contributed by atoms with Crippen LogP contribution >= 0.6 is 11.6 Å². The van der Waals surface area contributed by atoms with Gasteiger partial charge in [-0.3, -0.25) is 0 Å². The average Bonchev–Trinajstić information content (AvgIpc) is 1.87. The molecule has 0 saturated carbocycles. The smallest absolute Gasteiger partial charge is 0.0443 e. The molecule has 0 radical (unpaired) electrons. The fraction of sp³-hybridized carbons (Fsp3) is 0.750. The van der Waals surface area contributed by atoms with Crippen LogP contribution in [0.25, 0.3) is 0 Å². The average molecular weight is 162 g/mol. The maximum Gasteiger partial charge on any atom is 0.0443 e. The van der Waals surface area contributed by atoms with Crippen molar-refractivity contribution in [3.8, 4) is 0 Å². The fourth-order valence-electron chi connectivity index (χ4n) is 0.578. The third-order valence-corrected chi connectivity index (χ3v) is 1.92. The summed E-state index contributed by atoms with van der Waals surface area (Å²) in [5.74, 6) is 0.567. The second kappa shape index (κ2) is 4.75. The molecule has 0 spiro atoms. The predicted molar refractivity (Wildman–Crippen MR) is 47.6 cm³/mol. The van der Waals surface area contributed by atoms with Gasteiger partial charge in [0.1, 0.15) is 0 Å². The summed E-state index contributed by atoms with van der Waals surface area (Å²) in [6, 6.07) is 0.569. The van der Waals surface area contributed by atoms with Gasteiger partial charge in [0.05, 0.1) is 0 Å². The van der Waals surface area contributed by atoms with Gasteiger partial charge in [0, 0.05) is 18.5 Å². The summed E-state index contributed by atoms with van der Waals surface area (Å²) in [6.07, 6.45) is 0. The molecule has 0 bridgehead atoms. The van der Waals surface area contributed by atoms with Crippen LogP contribution in [0.4, 0.5) is 0 Å². The highest BCUT2D eigenvalue weighted by Crippen LogP contribution is 2.00. The lowest BCUT2D eigenvalue weighted by Gasteiger charge is -2.21. The summed E-state index contributed by atoms with van der Waals surface area (Å²) in [6.45, 7) is 9.03. The largest absolute Gasteiger partial charge is 0.300 e. The second-order valence-electron chi connectivity index (χ2n) is 2.89. The van der Waals surface area contributed by atoms with Crippen LogP contribution in [-0.2, 0) is 0 Å². The number of rotatable bonds is 4. The minimum Gasteiger partial charge on any atom is -0.300 e. The summed E-state index contributed by atoms with van der Waals surface area (Å²) in [5, 5.41) is 0. The third kappa shape index (κ3) is 3.91. The number of hydrogen-bond donors (Lipinski definition) is 0. The van der Waals surface area contributed by atoms with Gasteiger partial charge in [-0.25, -0.2) is 0 Å². The van der Waals surface area contributed by atoms with Crippen LogP contribution in [0.2, 0.25) is 0 Å². The standard InChI is InChI=1S/C8H16ClN/c1-7(2)10(4)6-8(3)5-9/h7H,3,5-6H2,1-2,4H3. The highest BCUT2D eigenvalue weighted by atomic mass is 35.5. The maximum absolute atomic E-state index is 5.57. The van der Waals surface area contributed by atoms with Gasteiger partial charge in [0.25, 0.3) is 0 Å². The van der Waals surface area contributed by atoms with E-state index in [9.17, 15) is 0 Å². The Bertz CT molecular complexity index is 110. The van der Waals surface area contributed by atoms with Crippen molar-refractivity contribution in [3.05, 3.63) is 12.2 Å². The fourth-order valence-corrected chi connectivity index (χ4v) is 0.662. The van der Waals surface area contributed by atoms with Crippen LogP contribution in [0.5, 0.6) is 0 Å². The number of likely N-dealkylation sites (N-methyl/N-ethyl adjacent to an activating group) is 1. The maximum atomic E-state index is 5.57. The van der Waals surface area contributed by atoms with Gasteiger partial charge < -0.3 is 4.90 Å². The first-order chi connectivity index (χ1) is 4.57. The Kier molecular flexibility index (Phi) is 4.75. The van der Waals surface area contributed by atoms with E-state index < -0.39 is 0 Å². The summed E-state index contributed by atoms with van der Waals surface area (Å²) in [7, 11) is 2.07. The van der Waals surface area contributed by atoms with Gasteiger partial charge in [-0.05, 0) is 26.5 Å². The van der Waals surface area contributed by atoms with E-state index >= 15 is 0 Å². The molecule has 0 fully saturated rings. The van der Waals surface area contributed by atoms with Crippen LogP contribution in [0.3, 0.4) is 0 Å². The number of halogens is 1. The normalized spacial score (nSPS) is 11.0. The van der Waals surface area contributed by atoms with Crippen LogP contribution in [-0.4, -0.2) is 30.4 Å². The zero-order valence-electron chi connectivity index (χ0n) is 7.02. The van der Waals surface area contributed by atoms with Gasteiger partial charge in [0.2, 0.25) is 0 Å². The molecule has 0 aromatic heterocycles. The molecule has 0 unspecified atom stereocenters. The monoisotopic (exact) mass is 161 g/mol. The van der Waals surface area contributed by atoms with Gasteiger partial charge in [-0.2, -0.15) is 0 Å². The lowest BCUT2D eigenvalue weighted by molar-refractivity contribution is 0.297. The van der Waals surface area contributed by atoms with E-state index in [0.717, 1.165) is 12.1 Å². The first kappa shape index (κ1) is 9.99. The zero-order valence-corrected chi connectivity index (χ0v) is 7.78. The quantitative estimate of drug-likeness (QED) is 0.451. The summed E-state index contributed by atoms with van der Waals surface area (Å²) in [5.41, 5.74) is 1.08. The second-order valence-corrected chi connectivity index (χ2v) is 3.16. The van der Waals surface area contributed by atoms with Crippen LogP contribution < -0.4 is 0 Å². The molecule has 0 atom stereocenters. The number of alkyl halides is 1. The Morgan fingerprint density at radius 3 is 2.40 bits per heavy atom. The number of hydrogen-bond acceptors (Lipinski definition) is 1. The minimum atomic E-state index is 0.567. The SMILES string of the molecule is C=C(CCl)CN(C)C(C)C. The van der Waals surface area contributed by atoms with Crippen molar-refractivity contribution in [2.45, 2.75) is 19.9 Å². The van der Waals surface area contributed by atoms with Crippen molar-refractivity contribution in [2.75, 3.05) is 19.5 Å². The molecule has 10 heavy (non-hydrogen) atoms. The molecule has 0 aromatic carbocycles. The molecule has 60 valence electrons. The van der Waals surface area contributed by atoms with E-state index in [4.69, 9.17) is 11.6 Å². The molecule has 0 saturated heterocycles. The first-order valence-corrected chi connectivity index (χ1v) is 4.04. The van der Waals surface area contributed by atoms with E-state index in [0.29, 0.717) is 11.9 Å². The van der Waals surface area contributed by atoms with E-state index in [2.05, 4.69) is 32.4 Å². The molecule has 0 aliphatic carbocycles. The van der Waals surface area contributed by atoms with Crippen molar-refractivity contribution in [1.29, 1.82) is 0 Å². The van der Waals surface area contributed by atoms with Crippen molar-refractivity contribution < 1.29 is 0 Å². The lowest BCUT2D eigenvalue weighted by Crippen LogP contribution is -2.28. The summed E-state index contributed by atoms with van der Waals surface area (Å²) < 4.78 is 0. The third-order valence-electron chi connectivity index (χ3n) is 1.54. The Hall–Kier alpha value is -0.0100. The minimum absolute atomic E-state index is 0.567. The molecule has 0 rings (SSSR count). The van der Waals surface area contributed by atoms with E-state index in [-0.39, 0.29) is 0 Å². The Balaban J connectivity index is 3.57. The van der Waals surface area contributed by atoms with Gasteiger partial charge >= 0.3 is 0 Å². The summed E-state index contributed by atoms with van der Waals surface area (Å²) >= 11 is 5.57. The molecule has 1 nitrogen and oxygen atoms in total. The predicted octanol–water partition coefficient (Wildman–Crippen LogP) is 2.12. The van der Waals surface area contributed by atoms with Crippen LogP contribution in [0.15, 0.2) is 12.2 Å². The Morgan fingerprint density at radius 2 is 2.10 bits per heavy atom. The van der Waals surface area contributed by atoms with Crippen molar-refractivity contribution in [2.24, 2.45) is 0 Å². The molecule has 0 heterocycles. The molecular formula is C8H16ClN. The van der Waals surface area contributed by atoms with Crippen molar-refractivity contribution in [3.63, 3.8) is 0 Å². The molecule has 2 heteroatoms. The van der Waals surface area contributed by atoms with Crippen LogP contribution in [0, 0.1) is 0 Å². The lowest BCUT2D eigenvalue weighted by atomic mass is 10.3. The highest BCUT2D eigenvalue weighted by Gasteiger charge is 2.02. The molecule has 0 aromatic rings. The van der Waals surface area contributed by atoms with E-state index in [1.54, 1.807) is 0 Å². The van der Waals surface area contributed by atoms with Gasteiger partial charge in [-0.15, -0.1) is 11.6 Å². The topological polar surface area (TPSA) is 3.24 Å². The van der Waals surface area contributed by atoms with Gasteiger partial charge in [-0.1, -0.05) is 6.58 Å². The Labute approximate surface area is 68.7 Å². The molecule has 0 aliphatic heterocycles. The van der Waals surface area contributed by atoms with Crippen LogP contribution in [0.1, 0.15) is 13.8 Å². The van der Waals surface area contributed by atoms with Crippen molar-refractivity contribution in [1.82, 2.24) is 4.90 Å². The summed E-state index contributed by atoms with van der Waals surface area (Å²) in [4.78, 5) is 2.21. The highest BCUT2D eigenvalue weighted by molar-refractivity contribution is 6.19. The Morgan fingerprint density at radius 1 is 1.60 bits per heavy atom. The van der Waals surface area contributed by atoms with Crippen molar-refractivity contribution >= 4 is 11.6 Å². The first-order valence-electron chi connectivity index (χ1n) is 3.50.